The molecule has 1 saturated heterocycles. The number of urea groups is 1. The van der Waals surface area contributed by atoms with Crippen molar-refractivity contribution >= 4 is 34.3 Å². The van der Waals surface area contributed by atoms with Gasteiger partial charge in [-0.05, 0) is 88.4 Å². The number of aromatic carboxylic acids is 1. The number of unbranched alkanes of at least 4 members (excludes halogenated alkanes) is 1. The predicted octanol–water partition coefficient (Wildman–Crippen LogP) is 5.57. The van der Waals surface area contributed by atoms with Gasteiger partial charge in [0.1, 0.15) is 17.2 Å². The number of carbonyl (C=O) groups is 2. The molecule has 1 aliphatic carbocycles. The van der Waals surface area contributed by atoms with E-state index in [9.17, 15) is 19.5 Å². The molecule has 10 nitrogen and oxygen atoms in total. The van der Waals surface area contributed by atoms with Crippen LogP contribution in [0, 0.1) is 19.7 Å². The quantitative estimate of drug-likeness (QED) is 0.252. The summed E-state index contributed by atoms with van der Waals surface area (Å²) in [7, 11) is 0. The molecule has 0 unspecified atom stereocenters. The van der Waals surface area contributed by atoms with E-state index in [2.05, 4.69) is 42.9 Å². The minimum atomic E-state index is -1.30. The predicted molar refractivity (Wildman–Crippen MR) is 178 cm³/mol. The standard InChI is InChI=1S/C35H41FN6O4/c1-21-7-8-25(15-22(21)2)37-32-16-23(3)41(35(46)38-32)12-6-5-11-39-13-14-40(19-24(39)4)31-18-30-27(17-29(31)36)33(43)28(34(44)45)20-42(30)26-9-10-26/h7-8,15-18,20,24,26,37H,3,5-6,9-14,19H2,1-2,4H3,(H,38,46)(H,44,45)/t24-/m0/s1. The molecule has 2 aliphatic heterocycles. The lowest BCUT2D eigenvalue weighted by molar-refractivity contribution is 0.0694. The lowest BCUT2D eigenvalue weighted by atomic mass is 10.1. The zero-order valence-corrected chi connectivity index (χ0v) is 26.6. The van der Waals surface area contributed by atoms with Crippen LogP contribution in [-0.4, -0.2) is 70.2 Å². The number of benzene rings is 2. The summed E-state index contributed by atoms with van der Waals surface area (Å²) in [6.45, 7) is 13.7. The van der Waals surface area contributed by atoms with Gasteiger partial charge in [0.25, 0.3) is 0 Å². The Morgan fingerprint density at radius 2 is 1.85 bits per heavy atom. The van der Waals surface area contributed by atoms with E-state index in [1.54, 1.807) is 11.0 Å². The van der Waals surface area contributed by atoms with E-state index in [0.717, 1.165) is 44.5 Å². The van der Waals surface area contributed by atoms with Crippen molar-refractivity contribution in [2.45, 2.75) is 58.5 Å². The summed E-state index contributed by atoms with van der Waals surface area (Å²) in [4.78, 5) is 43.4. The van der Waals surface area contributed by atoms with E-state index in [1.807, 2.05) is 33.7 Å². The zero-order chi connectivity index (χ0) is 32.7. The lowest BCUT2D eigenvalue weighted by Gasteiger charge is -2.41. The summed E-state index contributed by atoms with van der Waals surface area (Å²) in [5, 5.41) is 15.8. The van der Waals surface area contributed by atoms with Crippen molar-refractivity contribution in [3.8, 4) is 0 Å². The Bertz CT molecular complexity index is 1810. The third-order valence-electron chi connectivity index (χ3n) is 9.38. The third kappa shape index (κ3) is 6.37. The van der Waals surface area contributed by atoms with Gasteiger partial charge in [0.15, 0.2) is 0 Å². The molecule has 3 heterocycles. The van der Waals surface area contributed by atoms with Gasteiger partial charge in [-0.2, -0.15) is 0 Å². The van der Waals surface area contributed by atoms with Gasteiger partial charge in [-0.3, -0.25) is 19.9 Å². The number of hydrogen-bond donors (Lipinski definition) is 3. The zero-order valence-electron chi connectivity index (χ0n) is 26.6. The van der Waals surface area contributed by atoms with Crippen LogP contribution in [0.25, 0.3) is 10.9 Å². The second kappa shape index (κ2) is 12.6. The number of fused-ring (bicyclic) bond motifs is 1. The molecular weight excluding hydrogens is 587 g/mol. The van der Waals surface area contributed by atoms with Gasteiger partial charge < -0.3 is 19.9 Å². The second-order valence-corrected chi connectivity index (χ2v) is 12.7. The number of anilines is 2. The van der Waals surface area contributed by atoms with Crippen LogP contribution in [0.4, 0.5) is 20.6 Å². The summed E-state index contributed by atoms with van der Waals surface area (Å²) >= 11 is 0. The number of carboxylic acid groups (broad SMARTS) is 1. The van der Waals surface area contributed by atoms with Crippen LogP contribution in [-0.2, 0) is 0 Å². The van der Waals surface area contributed by atoms with Crippen LogP contribution in [0.2, 0.25) is 0 Å². The first-order valence-corrected chi connectivity index (χ1v) is 15.9. The third-order valence-corrected chi connectivity index (χ3v) is 9.38. The maximum Gasteiger partial charge on any atom is 0.341 e. The molecule has 6 rings (SSSR count). The highest BCUT2D eigenvalue weighted by atomic mass is 19.1. The SMILES string of the molecule is C=C1C=C(Nc2ccc(C)c(C)c2)NC(=O)N1CCCCN1CCN(c2cc3c(cc2F)c(=O)c(C(=O)O)cn3C2CC2)C[C@@H]1C. The Morgan fingerprint density at radius 1 is 1.09 bits per heavy atom. The van der Waals surface area contributed by atoms with Gasteiger partial charge >= 0.3 is 12.0 Å². The first-order chi connectivity index (χ1) is 22.0. The van der Waals surface area contributed by atoms with E-state index in [-0.39, 0.29) is 29.1 Å². The summed E-state index contributed by atoms with van der Waals surface area (Å²) in [6, 6.07) is 9.08. The highest BCUT2D eigenvalue weighted by Gasteiger charge is 2.30. The second-order valence-electron chi connectivity index (χ2n) is 12.7. The Hall–Kier alpha value is -4.64. The maximum atomic E-state index is 15.4. The molecule has 0 bridgehead atoms. The number of piperazine rings is 1. The molecule has 0 radical (unpaired) electrons. The van der Waals surface area contributed by atoms with Crippen molar-refractivity contribution in [3.05, 3.63) is 93.4 Å². The smallest absolute Gasteiger partial charge is 0.341 e. The number of aryl methyl sites for hydroxylation is 2. The monoisotopic (exact) mass is 628 g/mol. The Labute approximate surface area is 267 Å². The topological polar surface area (TPSA) is 110 Å². The van der Waals surface area contributed by atoms with E-state index in [1.165, 1.54) is 23.4 Å². The molecule has 3 aromatic rings. The number of halogens is 1. The van der Waals surface area contributed by atoms with Crippen molar-refractivity contribution in [3.63, 3.8) is 0 Å². The molecule has 242 valence electrons. The van der Waals surface area contributed by atoms with Crippen LogP contribution in [0.5, 0.6) is 0 Å². The minimum Gasteiger partial charge on any atom is -0.477 e. The Kier molecular flexibility index (Phi) is 8.61. The van der Waals surface area contributed by atoms with E-state index < -0.39 is 17.2 Å². The largest absolute Gasteiger partial charge is 0.477 e. The van der Waals surface area contributed by atoms with Gasteiger partial charge in [-0.25, -0.2) is 14.0 Å². The fraction of sp³-hybridized carbons (Fsp3) is 0.400. The van der Waals surface area contributed by atoms with Crippen molar-refractivity contribution in [2.24, 2.45) is 0 Å². The van der Waals surface area contributed by atoms with Gasteiger partial charge in [-0.15, -0.1) is 0 Å². The number of carbonyl (C=O) groups excluding carboxylic acids is 1. The molecule has 46 heavy (non-hydrogen) atoms. The van der Waals surface area contributed by atoms with Gasteiger partial charge in [0, 0.05) is 67.3 Å². The molecule has 1 atom stereocenters. The molecule has 3 N–H and O–H groups in total. The molecule has 1 aromatic heterocycles. The van der Waals surface area contributed by atoms with Gasteiger partial charge in [-0.1, -0.05) is 12.6 Å². The molecule has 2 fully saturated rings. The number of carboxylic acids is 1. The number of amides is 2. The molecule has 0 spiro atoms. The average Bonchev–Trinajstić information content (AvgIpc) is 3.84. The number of hydrogen-bond acceptors (Lipinski definition) is 6. The first kappa shape index (κ1) is 31.3. The summed E-state index contributed by atoms with van der Waals surface area (Å²) < 4.78 is 17.3. The number of rotatable bonds is 10. The van der Waals surface area contributed by atoms with E-state index in [0.29, 0.717) is 42.4 Å². The van der Waals surface area contributed by atoms with Crippen LogP contribution in [0.1, 0.15) is 60.1 Å². The van der Waals surface area contributed by atoms with E-state index in [4.69, 9.17) is 0 Å². The highest BCUT2D eigenvalue weighted by Crippen LogP contribution is 2.38. The maximum absolute atomic E-state index is 15.4. The van der Waals surface area contributed by atoms with Gasteiger partial charge in [0.2, 0.25) is 5.43 Å². The van der Waals surface area contributed by atoms with E-state index >= 15 is 4.39 Å². The molecule has 2 aromatic carbocycles. The molecular formula is C35H41FN6O4. The Morgan fingerprint density at radius 3 is 2.52 bits per heavy atom. The van der Waals surface area contributed by atoms with Crippen molar-refractivity contribution < 1.29 is 19.1 Å². The number of nitrogens with one attached hydrogen (secondary N) is 2. The fourth-order valence-electron chi connectivity index (χ4n) is 6.42. The number of aromatic nitrogens is 1. The molecule has 1 saturated carbocycles. The molecule has 2 amide bonds. The summed E-state index contributed by atoms with van der Waals surface area (Å²) in [6.07, 6.45) is 6.76. The highest BCUT2D eigenvalue weighted by molar-refractivity contribution is 5.93. The van der Waals surface area contributed by atoms with Gasteiger partial charge in [0.05, 0.1) is 11.2 Å². The van der Waals surface area contributed by atoms with Crippen molar-refractivity contribution in [1.82, 2.24) is 19.7 Å². The Balaban J connectivity index is 1.03. The number of pyridine rings is 1. The number of nitrogens with zero attached hydrogens (tertiary/aromatic N) is 4. The van der Waals surface area contributed by atoms with Crippen molar-refractivity contribution in [1.29, 1.82) is 0 Å². The summed E-state index contributed by atoms with van der Waals surface area (Å²) in [5.74, 6) is -1.21. The van der Waals surface area contributed by atoms with Crippen LogP contribution in [0.3, 0.4) is 0 Å². The lowest BCUT2D eigenvalue weighted by Crippen LogP contribution is -2.52. The first-order valence-electron chi connectivity index (χ1n) is 15.9. The number of allylic oxidation sites excluding steroid dienone is 1. The summed E-state index contributed by atoms with van der Waals surface area (Å²) in [5.41, 5.74) is 3.95. The van der Waals surface area contributed by atoms with Crippen LogP contribution < -0.4 is 21.0 Å². The fourth-order valence-corrected chi connectivity index (χ4v) is 6.42. The average molecular weight is 629 g/mol. The normalized spacial score (nSPS) is 19.0. The van der Waals surface area contributed by atoms with Crippen LogP contribution >= 0.6 is 0 Å². The van der Waals surface area contributed by atoms with Crippen LogP contribution in [0.15, 0.2) is 65.5 Å². The van der Waals surface area contributed by atoms with Crippen molar-refractivity contribution in [2.75, 3.05) is 42.9 Å². The molecule has 11 heteroatoms. The molecule has 3 aliphatic rings. The minimum absolute atomic E-state index is 0.106.